The summed E-state index contributed by atoms with van der Waals surface area (Å²) in [6, 6.07) is 19.3. The standard InChI is InChI=1S/C24H13N5O2S/c1-12-5-4-6-13-11-15(24(30)31-21(12)13)23-25-16-8-3-2-7-14(16)22-26-20-18(29(22)23)10-9-17-19(20)28-32-27-17/h2-11H,1H3. The first-order valence-corrected chi connectivity index (χ1v) is 10.8. The van der Waals surface area contributed by atoms with E-state index in [0.29, 0.717) is 22.6 Å². The summed E-state index contributed by atoms with van der Waals surface area (Å²) in [6.07, 6.45) is 0. The minimum absolute atomic E-state index is 0.384. The minimum Gasteiger partial charge on any atom is -0.422 e. The highest BCUT2D eigenvalue weighted by Gasteiger charge is 2.20. The van der Waals surface area contributed by atoms with Crippen LogP contribution in [0.1, 0.15) is 5.56 Å². The number of hydrogen-bond acceptors (Lipinski definition) is 7. The molecule has 4 aromatic heterocycles. The van der Waals surface area contributed by atoms with E-state index < -0.39 is 5.63 Å². The Morgan fingerprint density at radius 2 is 1.81 bits per heavy atom. The second-order valence-corrected chi connectivity index (χ2v) is 8.26. The van der Waals surface area contributed by atoms with Crippen molar-refractivity contribution in [2.75, 3.05) is 0 Å². The van der Waals surface area contributed by atoms with E-state index >= 15 is 0 Å². The number of aryl methyl sites for hydroxylation is 1. The molecule has 0 fully saturated rings. The molecule has 7 rings (SSSR count). The van der Waals surface area contributed by atoms with E-state index in [0.717, 1.165) is 55.6 Å². The molecule has 0 unspecified atom stereocenters. The highest BCUT2D eigenvalue weighted by Crippen LogP contribution is 2.32. The van der Waals surface area contributed by atoms with Gasteiger partial charge in [-0.3, -0.25) is 4.40 Å². The van der Waals surface area contributed by atoms with Gasteiger partial charge in [0.15, 0.2) is 5.82 Å². The van der Waals surface area contributed by atoms with Crippen LogP contribution in [0.3, 0.4) is 0 Å². The fourth-order valence-corrected chi connectivity index (χ4v) is 4.87. The quantitative estimate of drug-likeness (QED) is 0.333. The normalized spacial score (nSPS) is 12.0. The zero-order valence-corrected chi connectivity index (χ0v) is 17.6. The number of para-hydroxylation sites is 2. The van der Waals surface area contributed by atoms with Gasteiger partial charge < -0.3 is 4.42 Å². The van der Waals surface area contributed by atoms with Crippen LogP contribution in [-0.2, 0) is 0 Å². The Balaban J connectivity index is 1.71. The average Bonchev–Trinajstić information content (AvgIpc) is 3.43. The van der Waals surface area contributed by atoms with E-state index in [1.807, 2.05) is 72.0 Å². The van der Waals surface area contributed by atoms with Crippen LogP contribution in [0.5, 0.6) is 0 Å². The molecule has 0 amide bonds. The molecule has 7 aromatic rings. The summed E-state index contributed by atoms with van der Waals surface area (Å²) in [5, 5.41) is 1.74. The van der Waals surface area contributed by atoms with Crippen LogP contribution in [-0.4, -0.2) is 23.1 Å². The van der Waals surface area contributed by atoms with Crippen LogP contribution in [0, 0.1) is 6.92 Å². The van der Waals surface area contributed by atoms with Gasteiger partial charge in [0.2, 0.25) is 0 Å². The second-order valence-electron chi connectivity index (χ2n) is 7.73. The third-order valence-electron chi connectivity index (χ3n) is 5.83. The Labute approximate surface area is 183 Å². The fraction of sp³-hybridized carbons (Fsp3) is 0.0417. The summed E-state index contributed by atoms with van der Waals surface area (Å²) < 4.78 is 16.4. The Bertz CT molecular complexity index is 1930. The first-order chi connectivity index (χ1) is 15.7. The number of aromatic nitrogens is 5. The third kappa shape index (κ3) is 2.27. The molecule has 0 spiro atoms. The molecule has 0 radical (unpaired) electrons. The Morgan fingerprint density at radius 1 is 0.906 bits per heavy atom. The van der Waals surface area contributed by atoms with Crippen LogP contribution in [0.2, 0.25) is 0 Å². The van der Waals surface area contributed by atoms with E-state index in [1.165, 1.54) is 0 Å². The number of imidazole rings is 1. The largest absolute Gasteiger partial charge is 0.422 e. The maximum absolute atomic E-state index is 13.1. The van der Waals surface area contributed by atoms with Crippen molar-refractivity contribution in [1.29, 1.82) is 0 Å². The van der Waals surface area contributed by atoms with Gasteiger partial charge in [-0.1, -0.05) is 30.3 Å². The maximum Gasteiger partial charge on any atom is 0.347 e. The topological polar surface area (TPSA) is 86.2 Å². The molecule has 3 aromatic carbocycles. The van der Waals surface area contributed by atoms with E-state index in [4.69, 9.17) is 14.4 Å². The highest BCUT2D eigenvalue weighted by atomic mass is 32.1. The van der Waals surface area contributed by atoms with E-state index in [1.54, 1.807) is 0 Å². The monoisotopic (exact) mass is 435 g/mol. The number of nitrogens with zero attached hydrogens (tertiary/aromatic N) is 5. The summed E-state index contributed by atoms with van der Waals surface area (Å²) in [5.74, 6) is 0.487. The van der Waals surface area contributed by atoms with Crippen molar-refractivity contribution >= 4 is 61.3 Å². The first kappa shape index (κ1) is 17.5. The lowest BCUT2D eigenvalue weighted by Crippen LogP contribution is -2.08. The Hall–Kier alpha value is -4.17. The summed E-state index contributed by atoms with van der Waals surface area (Å²) in [6.45, 7) is 1.92. The van der Waals surface area contributed by atoms with Gasteiger partial charge in [0.1, 0.15) is 33.3 Å². The average molecular weight is 435 g/mol. The van der Waals surface area contributed by atoms with E-state index in [-0.39, 0.29) is 0 Å². The van der Waals surface area contributed by atoms with Gasteiger partial charge >= 0.3 is 5.63 Å². The fourth-order valence-electron chi connectivity index (χ4n) is 4.33. The molecule has 0 aliphatic carbocycles. The molecular formula is C24H13N5O2S. The summed E-state index contributed by atoms with van der Waals surface area (Å²) in [5.41, 5.74) is 6.00. The molecule has 0 saturated carbocycles. The minimum atomic E-state index is -0.436. The zero-order chi connectivity index (χ0) is 21.4. The lowest BCUT2D eigenvalue weighted by atomic mass is 10.1. The molecule has 0 aliphatic rings. The number of hydrogen-bond donors (Lipinski definition) is 0. The van der Waals surface area contributed by atoms with Crippen molar-refractivity contribution in [2.45, 2.75) is 6.92 Å². The lowest BCUT2D eigenvalue weighted by molar-refractivity contribution is 0.560. The van der Waals surface area contributed by atoms with Gasteiger partial charge in [0.05, 0.1) is 22.8 Å². The maximum atomic E-state index is 13.1. The van der Waals surface area contributed by atoms with Gasteiger partial charge in [-0.25, -0.2) is 14.8 Å². The molecule has 0 atom stereocenters. The molecule has 0 aliphatic heterocycles. The lowest BCUT2D eigenvalue weighted by Gasteiger charge is -2.09. The van der Waals surface area contributed by atoms with Crippen molar-refractivity contribution in [1.82, 2.24) is 23.1 Å². The summed E-state index contributed by atoms with van der Waals surface area (Å²) >= 11 is 1.16. The van der Waals surface area contributed by atoms with Gasteiger partial charge in [0.25, 0.3) is 0 Å². The predicted molar refractivity (Wildman–Crippen MR) is 125 cm³/mol. The van der Waals surface area contributed by atoms with Gasteiger partial charge in [0, 0.05) is 10.8 Å². The molecular weight excluding hydrogens is 422 g/mol. The van der Waals surface area contributed by atoms with Crippen LogP contribution < -0.4 is 5.63 Å². The smallest absolute Gasteiger partial charge is 0.347 e. The van der Waals surface area contributed by atoms with Crippen LogP contribution >= 0.6 is 11.7 Å². The van der Waals surface area contributed by atoms with E-state index in [9.17, 15) is 4.79 Å². The van der Waals surface area contributed by atoms with Crippen LogP contribution in [0.15, 0.2) is 69.9 Å². The van der Waals surface area contributed by atoms with Crippen LogP contribution in [0.4, 0.5) is 0 Å². The van der Waals surface area contributed by atoms with Crippen molar-refractivity contribution in [3.8, 4) is 11.4 Å². The molecule has 0 saturated heterocycles. The SMILES string of the molecule is Cc1cccc2cc(-c3nc4ccccc4c4nc5c6nsnc6ccc5n34)c(=O)oc12. The number of benzene rings is 3. The van der Waals surface area contributed by atoms with Crippen LogP contribution in [0.25, 0.3) is 61.0 Å². The molecule has 0 N–H and O–H groups in total. The van der Waals surface area contributed by atoms with Crippen molar-refractivity contribution in [3.05, 3.63) is 76.6 Å². The van der Waals surface area contributed by atoms with Crippen molar-refractivity contribution in [2.24, 2.45) is 0 Å². The zero-order valence-electron chi connectivity index (χ0n) is 16.7. The van der Waals surface area contributed by atoms with Gasteiger partial charge in [-0.2, -0.15) is 8.75 Å². The number of rotatable bonds is 1. The molecule has 152 valence electrons. The molecule has 7 nitrogen and oxygen atoms in total. The molecule has 0 bridgehead atoms. The van der Waals surface area contributed by atoms with E-state index in [2.05, 4.69) is 8.75 Å². The van der Waals surface area contributed by atoms with Crippen molar-refractivity contribution in [3.63, 3.8) is 0 Å². The summed E-state index contributed by atoms with van der Waals surface area (Å²) in [4.78, 5) is 22.9. The molecule has 32 heavy (non-hydrogen) atoms. The van der Waals surface area contributed by atoms with Gasteiger partial charge in [-0.05, 0) is 42.8 Å². The van der Waals surface area contributed by atoms with Gasteiger partial charge in [-0.15, -0.1) is 0 Å². The van der Waals surface area contributed by atoms with Crippen molar-refractivity contribution < 1.29 is 4.42 Å². The Morgan fingerprint density at radius 3 is 2.75 bits per heavy atom. The first-order valence-electron chi connectivity index (χ1n) is 10.0. The highest BCUT2D eigenvalue weighted by molar-refractivity contribution is 7.00. The number of fused-ring (bicyclic) bond motifs is 8. The predicted octanol–water partition coefficient (Wildman–Crippen LogP) is 5.12. The Kier molecular flexibility index (Phi) is 3.38. The summed E-state index contributed by atoms with van der Waals surface area (Å²) in [7, 11) is 0. The second kappa shape index (κ2) is 6.18. The molecule has 4 heterocycles. The third-order valence-corrected chi connectivity index (χ3v) is 6.37. The molecule has 8 heteroatoms.